The van der Waals surface area contributed by atoms with Crippen LogP contribution in [0.1, 0.15) is 32.6 Å². The van der Waals surface area contributed by atoms with Crippen molar-refractivity contribution in [1.82, 2.24) is 20.4 Å². The van der Waals surface area contributed by atoms with Gasteiger partial charge in [0.1, 0.15) is 0 Å². The van der Waals surface area contributed by atoms with E-state index < -0.39 is 0 Å². The number of hydrogen-bond donors (Lipinski definition) is 2. The molecule has 0 amide bonds. The fraction of sp³-hybridized carbons (Fsp3) is 0.941. The summed E-state index contributed by atoms with van der Waals surface area (Å²) in [5, 5.41) is 6.77. The summed E-state index contributed by atoms with van der Waals surface area (Å²) in [5.41, 5.74) is 0. The first-order chi connectivity index (χ1) is 11.3. The third kappa shape index (κ3) is 10.8. The van der Waals surface area contributed by atoms with Gasteiger partial charge in [0.25, 0.3) is 0 Å². The summed E-state index contributed by atoms with van der Waals surface area (Å²) in [5.74, 6) is 2.23. The Labute approximate surface area is 147 Å². The second-order valence-corrected chi connectivity index (χ2v) is 7.22. The molecule has 1 fully saturated rings. The van der Waals surface area contributed by atoms with Crippen LogP contribution in [0.3, 0.4) is 0 Å². The van der Waals surface area contributed by atoms with E-state index in [9.17, 15) is 0 Å². The van der Waals surface area contributed by atoms with Crippen molar-refractivity contribution in [1.29, 1.82) is 0 Å². The molecule has 1 saturated heterocycles. The van der Waals surface area contributed by atoms with E-state index in [1.54, 1.807) is 0 Å². The predicted molar refractivity (Wildman–Crippen MR) is 105 cm³/mol. The summed E-state index contributed by atoms with van der Waals surface area (Å²) in [6.45, 7) is 11.1. The van der Waals surface area contributed by atoms with E-state index in [4.69, 9.17) is 0 Å². The van der Waals surface area contributed by atoms with Crippen molar-refractivity contribution < 1.29 is 0 Å². The number of piperazine rings is 1. The lowest BCUT2D eigenvalue weighted by Gasteiger charge is -2.32. The number of nitrogens with one attached hydrogen (secondary N) is 2. The van der Waals surface area contributed by atoms with Gasteiger partial charge in [-0.15, -0.1) is 0 Å². The molecular formula is C17H37N5S. The molecule has 136 valence electrons. The number of guanidine groups is 1. The summed E-state index contributed by atoms with van der Waals surface area (Å²) >= 11 is 1.92. The normalized spacial score (nSPS) is 17.4. The Bertz CT molecular complexity index is 303. The molecule has 1 rings (SSSR count). The first-order valence-electron chi connectivity index (χ1n) is 9.18. The van der Waals surface area contributed by atoms with Gasteiger partial charge in [-0.25, -0.2) is 0 Å². The molecule has 2 N–H and O–H groups in total. The molecule has 0 unspecified atom stereocenters. The van der Waals surface area contributed by atoms with Gasteiger partial charge >= 0.3 is 0 Å². The zero-order valence-corrected chi connectivity index (χ0v) is 16.3. The van der Waals surface area contributed by atoms with Crippen LogP contribution in [0.4, 0.5) is 0 Å². The maximum Gasteiger partial charge on any atom is 0.191 e. The van der Waals surface area contributed by atoms with E-state index in [1.165, 1.54) is 64.2 Å². The highest BCUT2D eigenvalue weighted by Gasteiger charge is 2.12. The molecule has 1 aliphatic heterocycles. The molecule has 0 aromatic rings. The van der Waals surface area contributed by atoms with Gasteiger partial charge in [-0.1, -0.05) is 0 Å². The van der Waals surface area contributed by atoms with Crippen LogP contribution in [0.15, 0.2) is 4.99 Å². The average Bonchev–Trinajstić information content (AvgIpc) is 2.56. The lowest BCUT2D eigenvalue weighted by Crippen LogP contribution is -2.44. The molecule has 0 bridgehead atoms. The zero-order chi connectivity index (χ0) is 16.8. The molecule has 0 atom stereocenters. The smallest absolute Gasteiger partial charge is 0.191 e. The van der Waals surface area contributed by atoms with Gasteiger partial charge in [0.2, 0.25) is 0 Å². The standard InChI is InChI=1S/C17H37N5S/c1-4-18-17(20-10-6-8-16-23-3)19-9-5-7-11-22-14-12-21(2)13-15-22/h4-16H2,1-3H3,(H2,18,19,20). The van der Waals surface area contributed by atoms with Crippen LogP contribution in [-0.4, -0.2) is 87.2 Å². The molecular weight excluding hydrogens is 306 g/mol. The highest BCUT2D eigenvalue weighted by Crippen LogP contribution is 2.02. The second kappa shape index (κ2) is 13.9. The Hall–Kier alpha value is -0.460. The van der Waals surface area contributed by atoms with E-state index in [-0.39, 0.29) is 0 Å². The van der Waals surface area contributed by atoms with E-state index >= 15 is 0 Å². The van der Waals surface area contributed by atoms with Crippen LogP contribution in [0, 0.1) is 0 Å². The minimum absolute atomic E-state index is 0.924. The van der Waals surface area contributed by atoms with E-state index in [0.717, 1.165) is 25.6 Å². The van der Waals surface area contributed by atoms with Gasteiger partial charge in [0.15, 0.2) is 5.96 Å². The number of nitrogens with zero attached hydrogens (tertiary/aromatic N) is 3. The third-order valence-corrected chi connectivity index (χ3v) is 4.86. The van der Waals surface area contributed by atoms with Crippen molar-refractivity contribution in [2.45, 2.75) is 32.6 Å². The first kappa shape index (κ1) is 20.6. The number of rotatable bonds is 11. The second-order valence-electron chi connectivity index (χ2n) is 6.24. The zero-order valence-electron chi connectivity index (χ0n) is 15.4. The highest BCUT2D eigenvalue weighted by atomic mass is 32.2. The third-order valence-electron chi connectivity index (χ3n) is 4.16. The molecule has 0 aromatic carbocycles. The molecule has 0 radical (unpaired) electrons. The fourth-order valence-electron chi connectivity index (χ4n) is 2.63. The van der Waals surface area contributed by atoms with Gasteiger partial charge in [0.05, 0.1) is 0 Å². The molecule has 0 aromatic heterocycles. The lowest BCUT2D eigenvalue weighted by atomic mass is 10.2. The maximum absolute atomic E-state index is 4.69. The van der Waals surface area contributed by atoms with Crippen LogP contribution in [-0.2, 0) is 0 Å². The van der Waals surface area contributed by atoms with Crippen molar-refractivity contribution in [3.05, 3.63) is 0 Å². The molecule has 0 spiro atoms. The fourth-order valence-corrected chi connectivity index (χ4v) is 3.12. The minimum atomic E-state index is 0.924. The van der Waals surface area contributed by atoms with Crippen LogP contribution < -0.4 is 10.6 Å². The number of thioether (sulfide) groups is 1. The predicted octanol–water partition coefficient (Wildman–Crippen LogP) is 1.71. The topological polar surface area (TPSA) is 42.9 Å². The van der Waals surface area contributed by atoms with E-state index in [0.29, 0.717) is 0 Å². The SMILES string of the molecule is CCNC(=NCCCCN1CCN(C)CC1)NCCCCSC. The number of hydrogen-bond acceptors (Lipinski definition) is 4. The van der Waals surface area contributed by atoms with E-state index in [1.807, 2.05) is 11.8 Å². The minimum Gasteiger partial charge on any atom is -0.357 e. The Morgan fingerprint density at radius 3 is 2.52 bits per heavy atom. The van der Waals surface area contributed by atoms with Gasteiger partial charge in [-0.2, -0.15) is 11.8 Å². The molecule has 5 nitrogen and oxygen atoms in total. The molecule has 1 aliphatic rings. The van der Waals surface area contributed by atoms with Crippen LogP contribution in [0.2, 0.25) is 0 Å². The summed E-state index contributed by atoms with van der Waals surface area (Å²) in [6, 6.07) is 0. The molecule has 1 heterocycles. The quantitative estimate of drug-likeness (QED) is 0.340. The average molecular weight is 344 g/mol. The van der Waals surface area contributed by atoms with Crippen LogP contribution in [0.25, 0.3) is 0 Å². The van der Waals surface area contributed by atoms with Gasteiger partial charge in [-0.05, 0) is 58.2 Å². The molecule has 23 heavy (non-hydrogen) atoms. The van der Waals surface area contributed by atoms with Gasteiger partial charge in [-0.3, -0.25) is 4.99 Å². The Balaban J connectivity index is 2.08. The molecule has 0 aliphatic carbocycles. The van der Waals surface area contributed by atoms with E-state index in [2.05, 4.69) is 45.7 Å². The van der Waals surface area contributed by atoms with Crippen molar-refractivity contribution >= 4 is 17.7 Å². The van der Waals surface area contributed by atoms with Crippen LogP contribution >= 0.6 is 11.8 Å². The summed E-state index contributed by atoms with van der Waals surface area (Å²) < 4.78 is 0. The van der Waals surface area contributed by atoms with Crippen LogP contribution in [0.5, 0.6) is 0 Å². The monoisotopic (exact) mass is 343 g/mol. The molecule has 6 heteroatoms. The lowest BCUT2D eigenvalue weighted by molar-refractivity contribution is 0.152. The number of aliphatic imine (C=N–C) groups is 1. The Kier molecular flexibility index (Phi) is 12.5. The number of likely N-dealkylation sites (N-methyl/N-ethyl adjacent to an activating group) is 1. The summed E-state index contributed by atoms with van der Waals surface area (Å²) in [7, 11) is 2.21. The largest absolute Gasteiger partial charge is 0.357 e. The van der Waals surface area contributed by atoms with Crippen molar-refractivity contribution in [3.63, 3.8) is 0 Å². The summed E-state index contributed by atoms with van der Waals surface area (Å²) in [6.07, 6.45) is 7.09. The molecule has 0 saturated carbocycles. The van der Waals surface area contributed by atoms with Gasteiger partial charge < -0.3 is 20.4 Å². The maximum atomic E-state index is 4.69. The van der Waals surface area contributed by atoms with Gasteiger partial charge in [0, 0.05) is 45.8 Å². The highest BCUT2D eigenvalue weighted by molar-refractivity contribution is 7.98. The number of unbranched alkanes of at least 4 members (excludes halogenated alkanes) is 2. The Morgan fingerprint density at radius 1 is 1.04 bits per heavy atom. The summed E-state index contributed by atoms with van der Waals surface area (Å²) in [4.78, 5) is 9.68. The first-order valence-corrected chi connectivity index (χ1v) is 10.6. The van der Waals surface area contributed by atoms with Crippen molar-refractivity contribution in [2.24, 2.45) is 4.99 Å². The van der Waals surface area contributed by atoms with Crippen molar-refractivity contribution in [2.75, 3.05) is 71.4 Å². The Morgan fingerprint density at radius 2 is 1.83 bits per heavy atom. The van der Waals surface area contributed by atoms with Crippen molar-refractivity contribution in [3.8, 4) is 0 Å².